The number of anilines is 1. The van der Waals surface area contributed by atoms with Gasteiger partial charge in [0.1, 0.15) is 6.10 Å². The number of nitrogen functional groups attached to an aromatic ring is 1. The summed E-state index contributed by atoms with van der Waals surface area (Å²) in [6.45, 7) is 0. The number of aliphatic hydroxyl groups is 1. The van der Waals surface area contributed by atoms with Gasteiger partial charge in [-0.15, -0.1) is 0 Å². The third kappa shape index (κ3) is 5.53. The summed E-state index contributed by atoms with van der Waals surface area (Å²) < 4.78 is 23.5. The van der Waals surface area contributed by atoms with Crippen molar-refractivity contribution in [1.82, 2.24) is 15.3 Å². The number of nitrogens with two attached hydrogens (primary N) is 1. The Bertz CT molecular complexity index is 1430. The lowest BCUT2D eigenvalue weighted by molar-refractivity contribution is 0.0827. The molecule has 4 N–H and O–H groups in total. The molecule has 178 valence electrons. The SMILES string of the molecule is CS(=O)(=O)c1ccc(-c2cnc(N)c(C(=O)N[C@H](c3ccccc3)[C@H](O)c3ccccc3)n2)cc1. The van der Waals surface area contributed by atoms with E-state index in [-0.39, 0.29) is 16.4 Å². The number of rotatable bonds is 7. The minimum atomic E-state index is -3.34. The molecule has 4 rings (SSSR count). The molecule has 0 aliphatic heterocycles. The highest BCUT2D eigenvalue weighted by Gasteiger charge is 2.27. The fourth-order valence-electron chi connectivity index (χ4n) is 3.63. The molecule has 1 amide bonds. The number of aromatic nitrogens is 2. The minimum absolute atomic E-state index is 0.0694. The zero-order chi connectivity index (χ0) is 25.0. The van der Waals surface area contributed by atoms with Gasteiger partial charge in [-0.3, -0.25) is 4.79 Å². The van der Waals surface area contributed by atoms with Crippen LogP contribution in [0.15, 0.2) is 96.0 Å². The van der Waals surface area contributed by atoms with Gasteiger partial charge in [0.2, 0.25) is 0 Å². The van der Waals surface area contributed by atoms with Crippen LogP contribution in [0.25, 0.3) is 11.3 Å². The van der Waals surface area contributed by atoms with Gasteiger partial charge in [0.15, 0.2) is 21.3 Å². The molecule has 0 aliphatic carbocycles. The van der Waals surface area contributed by atoms with Crippen LogP contribution in [-0.4, -0.2) is 35.7 Å². The molecular formula is C26H24N4O4S. The van der Waals surface area contributed by atoms with Gasteiger partial charge in [0.05, 0.1) is 22.8 Å². The predicted octanol–water partition coefficient (Wildman–Crippen LogP) is 3.33. The Labute approximate surface area is 203 Å². The van der Waals surface area contributed by atoms with Crippen molar-refractivity contribution in [3.05, 3.63) is 108 Å². The van der Waals surface area contributed by atoms with Crippen molar-refractivity contribution >= 4 is 21.6 Å². The molecule has 9 heteroatoms. The zero-order valence-electron chi connectivity index (χ0n) is 18.9. The van der Waals surface area contributed by atoms with E-state index >= 15 is 0 Å². The second-order valence-electron chi connectivity index (χ2n) is 8.00. The van der Waals surface area contributed by atoms with E-state index in [2.05, 4.69) is 15.3 Å². The lowest BCUT2D eigenvalue weighted by atomic mass is 9.95. The van der Waals surface area contributed by atoms with Crippen LogP contribution in [0.4, 0.5) is 5.82 Å². The maximum atomic E-state index is 13.3. The molecule has 0 saturated carbocycles. The first-order valence-electron chi connectivity index (χ1n) is 10.8. The number of amides is 1. The number of hydrogen-bond acceptors (Lipinski definition) is 7. The lowest BCUT2D eigenvalue weighted by Gasteiger charge is -2.25. The molecule has 0 fully saturated rings. The largest absolute Gasteiger partial charge is 0.386 e. The maximum absolute atomic E-state index is 13.3. The van der Waals surface area contributed by atoms with Crippen LogP contribution in [0.3, 0.4) is 0 Å². The summed E-state index contributed by atoms with van der Waals surface area (Å²) in [7, 11) is -3.34. The molecule has 0 saturated heterocycles. The minimum Gasteiger partial charge on any atom is -0.386 e. The van der Waals surface area contributed by atoms with Crippen molar-refractivity contribution in [1.29, 1.82) is 0 Å². The van der Waals surface area contributed by atoms with E-state index in [1.807, 2.05) is 48.5 Å². The first-order valence-corrected chi connectivity index (χ1v) is 12.6. The summed E-state index contributed by atoms with van der Waals surface area (Å²) in [4.78, 5) is 21.9. The summed E-state index contributed by atoms with van der Waals surface area (Å²) >= 11 is 0. The average Bonchev–Trinajstić information content (AvgIpc) is 2.87. The molecule has 4 aromatic rings. The molecule has 35 heavy (non-hydrogen) atoms. The highest BCUT2D eigenvalue weighted by atomic mass is 32.2. The molecular weight excluding hydrogens is 464 g/mol. The van der Waals surface area contributed by atoms with Crippen LogP contribution in [0.5, 0.6) is 0 Å². The van der Waals surface area contributed by atoms with Gasteiger partial charge in [-0.1, -0.05) is 72.8 Å². The summed E-state index contributed by atoms with van der Waals surface area (Å²) in [5.74, 6) is -0.673. The number of nitrogens with one attached hydrogen (secondary N) is 1. The Morgan fingerprint density at radius 1 is 0.914 bits per heavy atom. The molecule has 2 atom stereocenters. The number of aliphatic hydroxyl groups excluding tert-OH is 1. The van der Waals surface area contributed by atoms with E-state index in [4.69, 9.17) is 5.73 Å². The number of sulfone groups is 1. The van der Waals surface area contributed by atoms with Crippen LogP contribution in [0, 0.1) is 0 Å². The maximum Gasteiger partial charge on any atom is 0.274 e. The van der Waals surface area contributed by atoms with Crippen molar-refractivity contribution in [2.75, 3.05) is 12.0 Å². The van der Waals surface area contributed by atoms with Gasteiger partial charge in [0, 0.05) is 11.8 Å². The topological polar surface area (TPSA) is 135 Å². The molecule has 1 aromatic heterocycles. The van der Waals surface area contributed by atoms with Gasteiger partial charge < -0.3 is 16.2 Å². The van der Waals surface area contributed by atoms with Crippen molar-refractivity contribution in [2.24, 2.45) is 0 Å². The Balaban J connectivity index is 1.65. The number of carbonyl (C=O) groups excluding carboxylic acids is 1. The smallest absolute Gasteiger partial charge is 0.274 e. The number of hydrogen-bond donors (Lipinski definition) is 3. The van der Waals surface area contributed by atoms with Gasteiger partial charge >= 0.3 is 0 Å². The normalized spacial score (nSPS) is 13.1. The molecule has 3 aromatic carbocycles. The van der Waals surface area contributed by atoms with E-state index < -0.39 is 27.9 Å². The van der Waals surface area contributed by atoms with Crippen molar-refractivity contribution in [3.63, 3.8) is 0 Å². The van der Waals surface area contributed by atoms with Crippen LogP contribution < -0.4 is 11.1 Å². The Kier molecular flexibility index (Phi) is 6.90. The fourth-order valence-corrected chi connectivity index (χ4v) is 4.27. The van der Waals surface area contributed by atoms with E-state index in [1.165, 1.54) is 18.3 Å². The monoisotopic (exact) mass is 488 g/mol. The summed E-state index contributed by atoms with van der Waals surface area (Å²) in [5.41, 5.74) is 8.14. The van der Waals surface area contributed by atoms with E-state index in [0.29, 0.717) is 22.4 Å². The van der Waals surface area contributed by atoms with Crippen molar-refractivity contribution in [3.8, 4) is 11.3 Å². The lowest BCUT2D eigenvalue weighted by Crippen LogP contribution is -2.34. The van der Waals surface area contributed by atoms with Gasteiger partial charge in [-0.2, -0.15) is 0 Å². The number of benzene rings is 3. The average molecular weight is 489 g/mol. The number of nitrogens with zero attached hydrogens (tertiary/aromatic N) is 2. The zero-order valence-corrected chi connectivity index (χ0v) is 19.7. The molecule has 0 unspecified atom stereocenters. The Morgan fingerprint density at radius 3 is 2.06 bits per heavy atom. The van der Waals surface area contributed by atoms with Gasteiger partial charge in [-0.25, -0.2) is 18.4 Å². The van der Waals surface area contributed by atoms with Crippen molar-refractivity contribution < 1.29 is 18.3 Å². The summed E-state index contributed by atoms with van der Waals surface area (Å²) in [6, 6.07) is 23.5. The predicted molar refractivity (Wildman–Crippen MR) is 133 cm³/mol. The van der Waals surface area contributed by atoms with Crippen molar-refractivity contribution in [2.45, 2.75) is 17.0 Å². The molecule has 0 bridgehead atoms. The first kappa shape index (κ1) is 24.1. The van der Waals surface area contributed by atoms with Crippen LogP contribution in [-0.2, 0) is 9.84 Å². The second-order valence-corrected chi connectivity index (χ2v) is 10.0. The van der Waals surface area contributed by atoms with Crippen LogP contribution >= 0.6 is 0 Å². The fraction of sp³-hybridized carbons (Fsp3) is 0.115. The molecule has 8 nitrogen and oxygen atoms in total. The highest BCUT2D eigenvalue weighted by Crippen LogP contribution is 2.29. The summed E-state index contributed by atoms with van der Waals surface area (Å²) in [6.07, 6.45) is 1.51. The summed E-state index contributed by atoms with van der Waals surface area (Å²) in [5, 5.41) is 13.9. The quantitative estimate of drug-likeness (QED) is 0.363. The second kappa shape index (κ2) is 10.0. The first-order chi connectivity index (χ1) is 16.7. The van der Waals surface area contributed by atoms with E-state index in [1.54, 1.807) is 24.3 Å². The third-order valence-electron chi connectivity index (χ3n) is 5.50. The van der Waals surface area contributed by atoms with E-state index in [9.17, 15) is 18.3 Å². The molecule has 0 radical (unpaired) electrons. The Morgan fingerprint density at radius 2 is 1.49 bits per heavy atom. The molecule has 0 aliphatic rings. The molecule has 1 heterocycles. The van der Waals surface area contributed by atoms with Gasteiger partial charge in [0.25, 0.3) is 5.91 Å². The molecule has 0 spiro atoms. The third-order valence-corrected chi connectivity index (χ3v) is 6.62. The van der Waals surface area contributed by atoms with Gasteiger partial charge in [-0.05, 0) is 23.3 Å². The van der Waals surface area contributed by atoms with Crippen LogP contribution in [0.2, 0.25) is 0 Å². The number of carbonyl (C=O) groups is 1. The Hall–Kier alpha value is -4.08. The highest BCUT2D eigenvalue weighted by molar-refractivity contribution is 7.90. The van der Waals surface area contributed by atoms with Crippen LogP contribution in [0.1, 0.15) is 33.8 Å². The van der Waals surface area contributed by atoms with E-state index in [0.717, 1.165) is 6.26 Å². The standard InChI is InChI=1S/C26H24N4O4S/c1-35(33,34)20-14-12-17(13-15-20)21-16-28-25(27)23(29-21)26(32)30-22(18-8-4-2-5-9-18)24(31)19-10-6-3-7-11-19/h2-16,22,24,31H,1H3,(H2,27,28)(H,30,32)/t22-,24-/m1/s1.